The second-order valence-corrected chi connectivity index (χ2v) is 2.15. The number of hydrogen-bond donors (Lipinski definition) is 0. The van der Waals surface area contributed by atoms with Gasteiger partial charge in [-0.25, -0.2) is 4.39 Å². The van der Waals surface area contributed by atoms with Gasteiger partial charge < -0.3 is 0 Å². The molecule has 0 aromatic carbocycles. The number of alkyl halides is 5. The van der Waals surface area contributed by atoms with E-state index in [-0.39, 0.29) is 6.92 Å². The first-order valence-corrected chi connectivity index (χ1v) is 2.19. The van der Waals surface area contributed by atoms with Crippen molar-refractivity contribution >= 4 is 0 Å². The molecule has 0 amide bonds. The highest BCUT2D eigenvalue weighted by molar-refractivity contribution is 5.26. The molecule has 0 N–H and O–H groups in total. The SMILES string of the molecule is CC1(F)C(F)(F)C1(F)F. The van der Waals surface area contributed by atoms with Crippen molar-refractivity contribution in [2.75, 3.05) is 0 Å². The molecule has 0 radical (unpaired) electrons. The fraction of sp³-hybridized carbons (Fsp3) is 1.00. The molecule has 0 aromatic rings. The zero-order chi connectivity index (χ0) is 7.50. The van der Waals surface area contributed by atoms with Crippen LogP contribution in [0.4, 0.5) is 22.0 Å². The summed E-state index contributed by atoms with van der Waals surface area (Å²) in [4.78, 5) is 0. The topological polar surface area (TPSA) is 0 Å². The first-order chi connectivity index (χ1) is 3.75. The van der Waals surface area contributed by atoms with Crippen LogP contribution < -0.4 is 0 Å². The molecule has 1 aliphatic carbocycles. The van der Waals surface area contributed by atoms with Crippen molar-refractivity contribution in [3.8, 4) is 0 Å². The molecule has 0 unspecified atom stereocenters. The van der Waals surface area contributed by atoms with E-state index < -0.39 is 17.5 Å². The highest BCUT2D eigenvalue weighted by atomic mass is 19.3. The molecule has 0 aliphatic heterocycles. The fourth-order valence-corrected chi connectivity index (χ4v) is 0.512. The lowest BCUT2D eigenvalue weighted by atomic mass is 10.4. The molecule has 0 nitrogen and oxygen atoms in total. The Hall–Kier alpha value is -0.350. The van der Waals surface area contributed by atoms with Gasteiger partial charge in [0.2, 0.25) is 5.67 Å². The first kappa shape index (κ1) is 6.77. The quantitative estimate of drug-likeness (QED) is 0.458. The summed E-state index contributed by atoms with van der Waals surface area (Å²) >= 11 is 0. The molecule has 1 saturated carbocycles. The van der Waals surface area contributed by atoms with Gasteiger partial charge >= 0.3 is 11.8 Å². The minimum absolute atomic E-state index is 0.188. The fourth-order valence-electron chi connectivity index (χ4n) is 0.512. The van der Waals surface area contributed by atoms with E-state index in [1.165, 1.54) is 0 Å². The molecule has 0 aromatic heterocycles. The van der Waals surface area contributed by atoms with E-state index in [1.807, 2.05) is 0 Å². The summed E-state index contributed by atoms with van der Waals surface area (Å²) in [5, 5.41) is 0. The standard InChI is InChI=1S/C4H3F5/c1-2(5)3(6,7)4(2,8)9/h1H3. The third-order valence-corrected chi connectivity index (χ3v) is 1.51. The smallest absolute Gasteiger partial charge is 0.230 e. The third-order valence-electron chi connectivity index (χ3n) is 1.51. The lowest BCUT2D eigenvalue weighted by Gasteiger charge is -1.88. The summed E-state index contributed by atoms with van der Waals surface area (Å²) in [7, 11) is 0. The van der Waals surface area contributed by atoms with Gasteiger partial charge in [0.15, 0.2) is 0 Å². The summed E-state index contributed by atoms with van der Waals surface area (Å²) < 4.78 is 58.1. The van der Waals surface area contributed by atoms with Gasteiger partial charge in [0.25, 0.3) is 0 Å². The van der Waals surface area contributed by atoms with Crippen molar-refractivity contribution in [3.63, 3.8) is 0 Å². The van der Waals surface area contributed by atoms with Gasteiger partial charge in [-0.3, -0.25) is 0 Å². The van der Waals surface area contributed by atoms with Crippen LogP contribution in [-0.2, 0) is 0 Å². The summed E-state index contributed by atoms with van der Waals surface area (Å²) in [6, 6.07) is 0. The molecule has 1 aliphatic rings. The number of hydrogen-bond acceptors (Lipinski definition) is 0. The Labute approximate surface area is 47.7 Å². The maximum Gasteiger partial charge on any atom is 0.352 e. The normalized spacial score (nSPS) is 34.0. The van der Waals surface area contributed by atoms with E-state index in [1.54, 1.807) is 0 Å². The zero-order valence-corrected chi connectivity index (χ0v) is 4.39. The van der Waals surface area contributed by atoms with Crippen LogP contribution in [0.5, 0.6) is 0 Å². The molecule has 9 heavy (non-hydrogen) atoms. The molecule has 54 valence electrons. The minimum atomic E-state index is -4.46. The Kier molecular flexibility index (Phi) is 0.816. The molecule has 0 bridgehead atoms. The average Bonchev–Trinajstić information content (AvgIpc) is 1.84. The highest BCUT2D eigenvalue weighted by Gasteiger charge is 2.96. The van der Waals surface area contributed by atoms with Crippen LogP contribution in [0.1, 0.15) is 6.92 Å². The maximum atomic E-state index is 11.9. The second kappa shape index (κ2) is 1.09. The van der Waals surface area contributed by atoms with Gasteiger partial charge in [0, 0.05) is 0 Å². The van der Waals surface area contributed by atoms with E-state index in [2.05, 4.69) is 0 Å². The van der Waals surface area contributed by atoms with Gasteiger partial charge in [0.1, 0.15) is 0 Å². The van der Waals surface area contributed by atoms with Crippen LogP contribution in [0.2, 0.25) is 0 Å². The maximum absolute atomic E-state index is 11.9. The molecule has 5 heteroatoms. The predicted octanol–water partition coefficient (Wildman–Crippen LogP) is 2.00. The minimum Gasteiger partial charge on any atom is -0.230 e. The summed E-state index contributed by atoms with van der Waals surface area (Å²) in [6.45, 7) is 0.188. The van der Waals surface area contributed by atoms with E-state index in [4.69, 9.17) is 0 Å². The highest BCUT2D eigenvalue weighted by Crippen LogP contribution is 2.67. The predicted molar refractivity (Wildman–Crippen MR) is 19.4 cm³/mol. The van der Waals surface area contributed by atoms with Crippen molar-refractivity contribution in [3.05, 3.63) is 0 Å². The van der Waals surface area contributed by atoms with Crippen molar-refractivity contribution in [1.29, 1.82) is 0 Å². The Balaban J connectivity index is 2.91. The summed E-state index contributed by atoms with van der Waals surface area (Å²) in [5.41, 5.74) is -3.62. The first-order valence-electron chi connectivity index (χ1n) is 2.19. The van der Waals surface area contributed by atoms with Crippen molar-refractivity contribution < 1.29 is 22.0 Å². The summed E-state index contributed by atoms with van der Waals surface area (Å²) in [5.74, 6) is -8.92. The van der Waals surface area contributed by atoms with E-state index in [0.29, 0.717) is 0 Å². The van der Waals surface area contributed by atoms with E-state index in [0.717, 1.165) is 0 Å². The van der Waals surface area contributed by atoms with Crippen LogP contribution in [0.3, 0.4) is 0 Å². The van der Waals surface area contributed by atoms with Gasteiger partial charge in [-0.1, -0.05) is 0 Å². The Morgan fingerprint density at radius 2 is 0.889 bits per heavy atom. The number of rotatable bonds is 0. The summed E-state index contributed by atoms with van der Waals surface area (Å²) in [6.07, 6.45) is 0. The Morgan fingerprint density at radius 3 is 0.889 bits per heavy atom. The molecule has 0 atom stereocenters. The molecule has 0 heterocycles. The van der Waals surface area contributed by atoms with Gasteiger partial charge in [-0.15, -0.1) is 0 Å². The second-order valence-electron chi connectivity index (χ2n) is 2.15. The third kappa shape index (κ3) is 0.402. The molecule has 1 rings (SSSR count). The van der Waals surface area contributed by atoms with Crippen molar-refractivity contribution in [2.24, 2.45) is 0 Å². The Bertz CT molecular complexity index is 107. The van der Waals surface area contributed by atoms with Crippen LogP contribution in [0.15, 0.2) is 0 Å². The molecular formula is C4H3F5. The van der Waals surface area contributed by atoms with E-state index in [9.17, 15) is 22.0 Å². The van der Waals surface area contributed by atoms with Crippen LogP contribution in [0, 0.1) is 0 Å². The molecular weight excluding hydrogens is 143 g/mol. The molecule has 1 fully saturated rings. The number of halogens is 5. The zero-order valence-electron chi connectivity index (χ0n) is 4.39. The van der Waals surface area contributed by atoms with Gasteiger partial charge in [-0.05, 0) is 6.92 Å². The van der Waals surface area contributed by atoms with E-state index >= 15 is 0 Å². The van der Waals surface area contributed by atoms with Crippen LogP contribution in [0.25, 0.3) is 0 Å². The molecule has 0 spiro atoms. The lowest BCUT2D eigenvalue weighted by Crippen LogP contribution is -2.05. The lowest BCUT2D eigenvalue weighted by molar-refractivity contribution is -0.0278. The van der Waals surface area contributed by atoms with Gasteiger partial charge in [-0.2, -0.15) is 17.6 Å². The monoisotopic (exact) mass is 146 g/mol. The van der Waals surface area contributed by atoms with Crippen LogP contribution >= 0.6 is 0 Å². The van der Waals surface area contributed by atoms with Crippen LogP contribution in [-0.4, -0.2) is 17.5 Å². The largest absolute Gasteiger partial charge is 0.352 e. The van der Waals surface area contributed by atoms with Crippen molar-refractivity contribution in [2.45, 2.75) is 24.4 Å². The van der Waals surface area contributed by atoms with Crippen molar-refractivity contribution in [1.82, 2.24) is 0 Å². The average molecular weight is 146 g/mol. The van der Waals surface area contributed by atoms with Gasteiger partial charge in [0.05, 0.1) is 0 Å². The Morgan fingerprint density at radius 1 is 0.778 bits per heavy atom. The molecule has 0 saturated heterocycles.